The molecule has 0 spiro atoms. The number of halogens is 2. The fourth-order valence-corrected chi connectivity index (χ4v) is 2.78. The van der Waals surface area contributed by atoms with Gasteiger partial charge in [-0.2, -0.15) is 5.10 Å². The molecule has 1 saturated heterocycles. The minimum atomic E-state index is 0.733. The highest BCUT2D eigenvalue weighted by atomic mass is 35.5. The van der Waals surface area contributed by atoms with Gasteiger partial charge < -0.3 is 4.90 Å². The molecule has 0 saturated carbocycles. The van der Waals surface area contributed by atoms with Crippen LogP contribution in [0.25, 0.3) is 0 Å². The molecule has 0 aromatic heterocycles. The van der Waals surface area contributed by atoms with Crippen molar-refractivity contribution >= 4 is 35.1 Å². The second-order valence-corrected chi connectivity index (χ2v) is 6.09. The van der Waals surface area contributed by atoms with Gasteiger partial charge in [0.05, 0.1) is 19.3 Å². The lowest BCUT2D eigenvalue weighted by molar-refractivity contribution is 0.272. The first kappa shape index (κ1) is 15.2. The normalized spacial score (nSPS) is 15.5. The summed E-state index contributed by atoms with van der Waals surface area (Å²) in [5, 5.41) is 8.13. The van der Waals surface area contributed by atoms with Gasteiger partial charge in [0.1, 0.15) is 0 Å². The zero-order valence-electron chi connectivity index (χ0n) is 12.1. The molecule has 0 amide bonds. The minimum absolute atomic E-state index is 0.733. The molecule has 1 aliphatic heterocycles. The van der Waals surface area contributed by atoms with E-state index in [0.29, 0.717) is 0 Å². The van der Waals surface area contributed by atoms with E-state index in [-0.39, 0.29) is 0 Å². The summed E-state index contributed by atoms with van der Waals surface area (Å²) >= 11 is 11.9. The monoisotopic (exact) mass is 333 g/mol. The van der Waals surface area contributed by atoms with E-state index in [2.05, 4.69) is 27.1 Å². The molecule has 2 aromatic carbocycles. The molecule has 3 rings (SSSR count). The van der Waals surface area contributed by atoms with Gasteiger partial charge in [-0.15, -0.1) is 0 Å². The molecule has 1 aliphatic rings. The van der Waals surface area contributed by atoms with E-state index in [9.17, 15) is 0 Å². The summed E-state index contributed by atoms with van der Waals surface area (Å²) in [5.41, 5.74) is 2.23. The second-order valence-electron chi connectivity index (χ2n) is 5.22. The van der Waals surface area contributed by atoms with Crippen LogP contribution in [0.2, 0.25) is 10.0 Å². The SMILES string of the molecule is Clc1ccc(N2CCN(/N=C/c3cccc(Cl)c3)CC2)cc1. The molecule has 0 atom stereocenters. The molecule has 22 heavy (non-hydrogen) atoms. The van der Waals surface area contributed by atoms with Crippen molar-refractivity contribution in [1.29, 1.82) is 0 Å². The number of hydrogen-bond donors (Lipinski definition) is 0. The quantitative estimate of drug-likeness (QED) is 0.786. The molecule has 0 aliphatic carbocycles. The Bertz CT molecular complexity index is 647. The third-order valence-electron chi connectivity index (χ3n) is 3.67. The highest BCUT2D eigenvalue weighted by Crippen LogP contribution is 2.19. The van der Waals surface area contributed by atoms with Crippen molar-refractivity contribution in [2.24, 2.45) is 5.10 Å². The Hall–Kier alpha value is -1.71. The molecule has 114 valence electrons. The van der Waals surface area contributed by atoms with Crippen molar-refractivity contribution in [2.75, 3.05) is 31.1 Å². The van der Waals surface area contributed by atoms with Gasteiger partial charge in [-0.25, -0.2) is 0 Å². The molecular weight excluding hydrogens is 317 g/mol. The van der Waals surface area contributed by atoms with Gasteiger partial charge >= 0.3 is 0 Å². The molecule has 1 fully saturated rings. The molecule has 3 nitrogen and oxygen atoms in total. The molecule has 1 heterocycles. The Labute approximate surface area is 140 Å². The number of anilines is 1. The van der Waals surface area contributed by atoms with Crippen LogP contribution in [0.1, 0.15) is 5.56 Å². The molecule has 5 heteroatoms. The molecular formula is C17H17Cl2N3. The van der Waals surface area contributed by atoms with Crippen molar-refractivity contribution < 1.29 is 0 Å². The first-order valence-electron chi connectivity index (χ1n) is 7.26. The number of hydrogen-bond acceptors (Lipinski definition) is 3. The Balaban J connectivity index is 1.56. The summed E-state index contributed by atoms with van der Waals surface area (Å²) in [5.74, 6) is 0. The standard InChI is InChI=1S/C17H17Cl2N3/c18-15-4-6-17(7-5-15)21-8-10-22(11-9-21)20-13-14-2-1-3-16(19)12-14/h1-7,12-13H,8-11H2/b20-13+. The van der Waals surface area contributed by atoms with E-state index in [4.69, 9.17) is 23.2 Å². The van der Waals surface area contributed by atoms with Crippen molar-refractivity contribution in [1.82, 2.24) is 5.01 Å². The molecule has 0 bridgehead atoms. The number of piperazine rings is 1. The van der Waals surface area contributed by atoms with Crippen LogP contribution in [0, 0.1) is 0 Å². The maximum atomic E-state index is 5.97. The summed E-state index contributed by atoms with van der Waals surface area (Å²) in [4.78, 5) is 2.35. The van der Waals surface area contributed by atoms with Gasteiger partial charge in [0.15, 0.2) is 0 Å². The van der Waals surface area contributed by atoms with Crippen LogP contribution in [0.5, 0.6) is 0 Å². The topological polar surface area (TPSA) is 18.8 Å². The zero-order valence-corrected chi connectivity index (χ0v) is 13.6. The highest BCUT2D eigenvalue weighted by molar-refractivity contribution is 6.31. The largest absolute Gasteiger partial charge is 0.368 e. The summed E-state index contributed by atoms with van der Waals surface area (Å²) in [6.07, 6.45) is 1.86. The lowest BCUT2D eigenvalue weighted by Crippen LogP contribution is -2.44. The fourth-order valence-electron chi connectivity index (χ4n) is 2.46. The summed E-state index contributed by atoms with van der Waals surface area (Å²) in [6.45, 7) is 3.71. The highest BCUT2D eigenvalue weighted by Gasteiger charge is 2.15. The molecule has 2 aromatic rings. The Morgan fingerprint density at radius 3 is 2.27 bits per heavy atom. The summed E-state index contributed by atoms with van der Waals surface area (Å²) in [6, 6.07) is 15.7. The van der Waals surface area contributed by atoms with Gasteiger partial charge in [0, 0.05) is 28.8 Å². The lowest BCUT2D eigenvalue weighted by atomic mass is 10.2. The van der Waals surface area contributed by atoms with Crippen LogP contribution in [-0.2, 0) is 0 Å². The Morgan fingerprint density at radius 2 is 1.59 bits per heavy atom. The lowest BCUT2D eigenvalue weighted by Gasteiger charge is -2.34. The van der Waals surface area contributed by atoms with E-state index in [0.717, 1.165) is 41.8 Å². The fraction of sp³-hybridized carbons (Fsp3) is 0.235. The Kier molecular flexibility index (Phi) is 4.86. The number of rotatable bonds is 3. The average Bonchev–Trinajstić information content (AvgIpc) is 2.54. The summed E-state index contributed by atoms with van der Waals surface area (Å²) < 4.78 is 0. The van der Waals surface area contributed by atoms with Gasteiger partial charge in [-0.1, -0.05) is 35.3 Å². The first-order chi connectivity index (χ1) is 10.7. The van der Waals surface area contributed by atoms with Gasteiger partial charge in [0.25, 0.3) is 0 Å². The predicted octanol–water partition coefficient (Wildman–Crippen LogP) is 4.15. The predicted molar refractivity (Wildman–Crippen MR) is 94.3 cm³/mol. The maximum Gasteiger partial charge on any atom is 0.0543 e. The van der Waals surface area contributed by atoms with Crippen molar-refractivity contribution in [2.45, 2.75) is 0 Å². The van der Waals surface area contributed by atoms with Crippen LogP contribution in [0.4, 0.5) is 5.69 Å². The number of benzene rings is 2. The molecule has 0 radical (unpaired) electrons. The third kappa shape index (κ3) is 3.93. The van der Waals surface area contributed by atoms with Crippen LogP contribution < -0.4 is 4.90 Å². The minimum Gasteiger partial charge on any atom is -0.368 e. The number of hydrazone groups is 1. The van der Waals surface area contributed by atoms with E-state index < -0.39 is 0 Å². The second kappa shape index (κ2) is 7.03. The van der Waals surface area contributed by atoms with Gasteiger partial charge in [-0.05, 0) is 42.0 Å². The van der Waals surface area contributed by atoms with Crippen molar-refractivity contribution in [3.05, 3.63) is 64.1 Å². The van der Waals surface area contributed by atoms with Crippen LogP contribution >= 0.6 is 23.2 Å². The van der Waals surface area contributed by atoms with E-state index in [1.807, 2.05) is 42.6 Å². The molecule has 0 unspecified atom stereocenters. The first-order valence-corrected chi connectivity index (χ1v) is 8.01. The third-order valence-corrected chi connectivity index (χ3v) is 4.15. The number of nitrogens with zero attached hydrogens (tertiary/aromatic N) is 3. The van der Waals surface area contributed by atoms with Crippen molar-refractivity contribution in [3.8, 4) is 0 Å². The maximum absolute atomic E-state index is 5.97. The van der Waals surface area contributed by atoms with Crippen LogP contribution in [0.15, 0.2) is 53.6 Å². The van der Waals surface area contributed by atoms with E-state index >= 15 is 0 Å². The summed E-state index contributed by atoms with van der Waals surface area (Å²) in [7, 11) is 0. The van der Waals surface area contributed by atoms with Gasteiger partial charge in [-0.3, -0.25) is 5.01 Å². The smallest absolute Gasteiger partial charge is 0.0543 e. The van der Waals surface area contributed by atoms with Crippen LogP contribution in [0.3, 0.4) is 0 Å². The molecule has 0 N–H and O–H groups in total. The van der Waals surface area contributed by atoms with Crippen molar-refractivity contribution in [3.63, 3.8) is 0 Å². The van der Waals surface area contributed by atoms with E-state index in [1.54, 1.807) is 0 Å². The van der Waals surface area contributed by atoms with E-state index in [1.165, 1.54) is 5.69 Å². The average molecular weight is 334 g/mol. The zero-order chi connectivity index (χ0) is 15.4. The Morgan fingerprint density at radius 1 is 0.864 bits per heavy atom. The van der Waals surface area contributed by atoms with Gasteiger partial charge in [0.2, 0.25) is 0 Å². The van der Waals surface area contributed by atoms with Crippen LogP contribution in [-0.4, -0.2) is 37.4 Å².